The molecule has 2 heterocycles. The van der Waals surface area contributed by atoms with Crippen molar-refractivity contribution in [3.8, 4) is 0 Å². The Morgan fingerprint density at radius 2 is 2.28 bits per heavy atom. The summed E-state index contributed by atoms with van der Waals surface area (Å²) in [6, 6.07) is 0. The number of esters is 1. The van der Waals surface area contributed by atoms with Crippen LogP contribution in [0.1, 0.15) is 42.8 Å². The van der Waals surface area contributed by atoms with Gasteiger partial charge in [-0.1, -0.05) is 13.0 Å². The van der Waals surface area contributed by atoms with E-state index in [1.807, 2.05) is 6.92 Å². The molecule has 1 aliphatic heterocycles. The Bertz CT molecular complexity index is 581. The van der Waals surface area contributed by atoms with Crippen LogP contribution in [0.15, 0.2) is 22.3 Å². The van der Waals surface area contributed by atoms with E-state index in [1.165, 1.54) is 0 Å². The van der Waals surface area contributed by atoms with E-state index >= 15 is 0 Å². The first-order valence-electron chi connectivity index (χ1n) is 6.61. The van der Waals surface area contributed by atoms with Crippen molar-refractivity contribution in [1.29, 1.82) is 0 Å². The van der Waals surface area contributed by atoms with Crippen LogP contribution in [0.5, 0.6) is 0 Å². The summed E-state index contributed by atoms with van der Waals surface area (Å²) < 4.78 is 11.3. The number of allylic oxidation sites excluding steroid dienone is 1. The molecule has 3 nitrogen and oxygen atoms in total. The molecule has 0 amide bonds. The fourth-order valence-electron chi connectivity index (χ4n) is 4.03. The maximum absolute atomic E-state index is 12.1. The third-order valence-corrected chi connectivity index (χ3v) is 5.08. The Labute approximate surface area is 106 Å². The predicted molar refractivity (Wildman–Crippen MR) is 64.9 cm³/mol. The van der Waals surface area contributed by atoms with E-state index in [9.17, 15) is 4.79 Å². The Morgan fingerprint density at radius 1 is 1.44 bits per heavy atom. The Balaban J connectivity index is 1.98. The molecule has 2 aliphatic carbocycles. The van der Waals surface area contributed by atoms with Crippen molar-refractivity contribution in [3.05, 3.63) is 34.8 Å². The van der Waals surface area contributed by atoms with Crippen LogP contribution in [0.25, 0.3) is 0 Å². The number of ether oxygens (including phenoxy) is 1. The van der Waals surface area contributed by atoms with E-state index in [1.54, 1.807) is 6.26 Å². The number of aryl methyl sites for hydroxylation is 1. The van der Waals surface area contributed by atoms with Gasteiger partial charge in [0.25, 0.3) is 0 Å². The molecule has 3 aliphatic rings. The molecular weight excluding hydrogens is 228 g/mol. The second-order valence-corrected chi connectivity index (χ2v) is 5.92. The Hall–Kier alpha value is -1.51. The van der Waals surface area contributed by atoms with Gasteiger partial charge in [-0.25, -0.2) is 4.79 Å². The molecule has 0 unspecified atom stereocenters. The zero-order chi connectivity index (χ0) is 12.5. The summed E-state index contributed by atoms with van der Waals surface area (Å²) in [6.45, 7) is 4.22. The highest BCUT2D eigenvalue weighted by Crippen LogP contribution is 2.61. The van der Waals surface area contributed by atoms with Gasteiger partial charge >= 0.3 is 5.97 Å². The van der Waals surface area contributed by atoms with Crippen molar-refractivity contribution >= 4 is 5.97 Å². The molecule has 0 N–H and O–H groups in total. The van der Waals surface area contributed by atoms with Crippen LogP contribution in [0.4, 0.5) is 0 Å². The number of carbonyl (C=O) groups is 1. The lowest BCUT2D eigenvalue weighted by molar-refractivity contribution is -0.140. The van der Waals surface area contributed by atoms with Gasteiger partial charge in [-0.2, -0.15) is 0 Å². The first-order chi connectivity index (χ1) is 8.62. The zero-order valence-electron chi connectivity index (χ0n) is 10.7. The topological polar surface area (TPSA) is 39.4 Å². The normalized spacial score (nSPS) is 36.8. The predicted octanol–water partition coefficient (Wildman–Crippen LogP) is 3.08. The molecule has 0 aromatic carbocycles. The summed E-state index contributed by atoms with van der Waals surface area (Å²) in [5.74, 6) is 1.36. The summed E-state index contributed by atoms with van der Waals surface area (Å²) in [6.07, 6.45) is 6.77. The largest absolute Gasteiger partial charge is 0.469 e. The van der Waals surface area contributed by atoms with Crippen molar-refractivity contribution in [2.75, 3.05) is 0 Å². The molecule has 1 saturated heterocycles. The average molecular weight is 244 g/mol. The molecule has 94 valence electrons. The van der Waals surface area contributed by atoms with E-state index in [0.717, 1.165) is 41.7 Å². The molecule has 18 heavy (non-hydrogen) atoms. The second kappa shape index (κ2) is 3.08. The van der Waals surface area contributed by atoms with Crippen LogP contribution in [0.3, 0.4) is 0 Å². The fraction of sp³-hybridized carbons (Fsp3) is 0.533. The van der Waals surface area contributed by atoms with Gasteiger partial charge in [0.15, 0.2) is 0 Å². The molecule has 0 bridgehead atoms. The Kier molecular flexibility index (Phi) is 1.78. The van der Waals surface area contributed by atoms with Crippen molar-refractivity contribution < 1.29 is 13.9 Å². The summed E-state index contributed by atoms with van der Waals surface area (Å²) in [7, 11) is 0. The molecule has 1 aromatic heterocycles. The third-order valence-electron chi connectivity index (χ3n) is 5.08. The van der Waals surface area contributed by atoms with Crippen molar-refractivity contribution in [2.45, 2.75) is 39.2 Å². The number of hydrogen-bond acceptors (Lipinski definition) is 3. The van der Waals surface area contributed by atoms with Gasteiger partial charge < -0.3 is 9.15 Å². The highest BCUT2D eigenvalue weighted by atomic mass is 16.6. The van der Waals surface area contributed by atoms with Crippen LogP contribution < -0.4 is 0 Å². The first-order valence-corrected chi connectivity index (χ1v) is 6.61. The lowest BCUT2D eigenvalue weighted by Gasteiger charge is -2.43. The van der Waals surface area contributed by atoms with E-state index in [2.05, 4.69) is 13.0 Å². The van der Waals surface area contributed by atoms with Crippen LogP contribution in [0, 0.1) is 18.3 Å². The molecule has 0 radical (unpaired) electrons. The zero-order valence-corrected chi connectivity index (χ0v) is 10.7. The quantitative estimate of drug-likeness (QED) is 0.658. The maximum Gasteiger partial charge on any atom is 0.335 e. The lowest BCUT2D eigenvalue weighted by Crippen LogP contribution is -2.39. The van der Waals surface area contributed by atoms with Crippen LogP contribution in [-0.4, -0.2) is 5.97 Å². The van der Waals surface area contributed by atoms with Crippen LogP contribution >= 0.6 is 0 Å². The summed E-state index contributed by atoms with van der Waals surface area (Å²) in [4.78, 5) is 12.1. The highest BCUT2D eigenvalue weighted by molar-refractivity contribution is 5.93. The monoisotopic (exact) mass is 244 g/mol. The number of furan rings is 1. The molecule has 1 aromatic rings. The van der Waals surface area contributed by atoms with Gasteiger partial charge in [0.05, 0.1) is 6.26 Å². The molecule has 3 heteroatoms. The van der Waals surface area contributed by atoms with Crippen LogP contribution in [-0.2, 0) is 16.0 Å². The molecule has 0 saturated carbocycles. The van der Waals surface area contributed by atoms with Crippen molar-refractivity contribution in [3.63, 3.8) is 0 Å². The molecular formula is C15H16O3. The number of hydrogen-bond donors (Lipinski definition) is 0. The van der Waals surface area contributed by atoms with Gasteiger partial charge in [0.2, 0.25) is 0 Å². The number of rotatable bonds is 0. The van der Waals surface area contributed by atoms with E-state index in [4.69, 9.17) is 9.15 Å². The summed E-state index contributed by atoms with van der Waals surface area (Å²) in [5, 5.41) is 0. The van der Waals surface area contributed by atoms with E-state index in [-0.39, 0.29) is 17.5 Å². The molecule has 1 fully saturated rings. The van der Waals surface area contributed by atoms with Crippen LogP contribution in [0.2, 0.25) is 0 Å². The van der Waals surface area contributed by atoms with Gasteiger partial charge in [-0.05, 0) is 31.2 Å². The maximum atomic E-state index is 12.1. The van der Waals surface area contributed by atoms with E-state index < -0.39 is 0 Å². The SMILES string of the molecule is Cc1coc2c1[C@H]1OC(=O)C3=CCC[C@H](C2)[C@@]31C. The highest BCUT2D eigenvalue weighted by Gasteiger charge is 2.59. The van der Waals surface area contributed by atoms with Gasteiger partial charge in [0, 0.05) is 23.0 Å². The number of fused-ring (bicyclic) bond motifs is 2. The summed E-state index contributed by atoms with van der Waals surface area (Å²) >= 11 is 0. The smallest absolute Gasteiger partial charge is 0.335 e. The average Bonchev–Trinajstić information content (AvgIpc) is 2.81. The lowest BCUT2D eigenvalue weighted by atomic mass is 9.59. The third kappa shape index (κ3) is 0.995. The Morgan fingerprint density at radius 3 is 3.11 bits per heavy atom. The van der Waals surface area contributed by atoms with Crippen molar-refractivity contribution in [2.24, 2.45) is 11.3 Å². The van der Waals surface area contributed by atoms with Crippen molar-refractivity contribution in [1.82, 2.24) is 0 Å². The minimum Gasteiger partial charge on any atom is -0.469 e. The summed E-state index contributed by atoms with van der Waals surface area (Å²) in [5.41, 5.74) is 2.98. The van der Waals surface area contributed by atoms with Gasteiger partial charge in [-0.15, -0.1) is 0 Å². The molecule has 0 spiro atoms. The minimum absolute atomic E-state index is 0.124. The second-order valence-electron chi connectivity index (χ2n) is 5.92. The van der Waals surface area contributed by atoms with E-state index in [0.29, 0.717) is 5.92 Å². The first kappa shape index (κ1) is 10.4. The minimum atomic E-state index is -0.142. The molecule has 3 atom stereocenters. The van der Waals surface area contributed by atoms with Gasteiger partial charge in [0.1, 0.15) is 11.9 Å². The standard InChI is InChI=1S/C15H16O3/c1-8-7-17-11-6-9-4-3-5-10-14(16)18-13(12(8)11)15(9,10)2/h5,7,9,13H,3-4,6H2,1-2H3/t9-,13-,15+/m1/s1. The number of carbonyl (C=O) groups excluding carboxylic acids is 1. The fourth-order valence-corrected chi connectivity index (χ4v) is 4.03. The molecule has 4 rings (SSSR count). The van der Waals surface area contributed by atoms with Gasteiger partial charge in [-0.3, -0.25) is 0 Å².